The lowest BCUT2D eigenvalue weighted by atomic mass is 10.2. The molecule has 0 saturated heterocycles. The summed E-state index contributed by atoms with van der Waals surface area (Å²) in [4.78, 5) is 1.31. The summed E-state index contributed by atoms with van der Waals surface area (Å²) >= 11 is 0. The number of quaternary nitrogens is 1. The number of rotatable bonds is 15. The van der Waals surface area contributed by atoms with Gasteiger partial charge < -0.3 is 28.8 Å². The Balaban J connectivity index is 2.01. The number of nitrogens with zero attached hydrogens (tertiary/aromatic N) is 1. The van der Waals surface area contributed by atoms with E-state index >= 15 is 0 Å². The van der Waals surface area contributed by atoms with Gasteiger partial charge in [0.2, 0.25) is 0 Å². The third-order valence-electron chi connectivity index (χ3n) is 4.79. The second-order valence-corrected chi connectivity index (χ2v) is 7.19. The van der Waals surface area contributed by atoms with Crippen molar-refractivity contribution in [3.63, 3.8) is 0 Å². The highest BCUT2D eigenvalue weighted by atomic mass is 16.5. The minimum Gasteiger partial charge on any atom is -0.497 e. The zero-order chi connectivity index (χ0) is 20.9. The molecule has 6 heteroatoms. The summed E-state index contributed by atoms with van der Waals surface area (Å²) < 4.78 is 18.2. The van der Waals surface area contributed by atoms with Crippen molar-refractivity contribution in [1.29, 1.82) is 0 Å². The fourth-order valence-electron chi connectivity index (χ4n) is 3.40. The maximum atomic E-state index is 10.4. The molecule has 0 amide bonds. The monoisotopic (exact) mass is 403 g/mol. The molecule has 1 aromatic carbocycles. The highest BCUT2D eigenvalue weighted by molar-refractivity contribution is 5.29. The summed E-state index contributed by atoms with van der Waals surface area (Å²) in [6, 6.07) is 12.4. The lowest BCUT2D eigenvalue weighted by Crippen LogP contribution is -3.12. The molecule has 0 bridgehead atoms. The Hall–Kier alpha value is -2.12. The molecule has 2 rings (SSSR count). The van der Waals surface area contributed by atoms with Crippen LogP contribution in [0.1, 0.15) is 17.7 Å². The predicted octanol–water partition coefficient (Wildman–Crippen LogP) is 1.53. The van der Waals surface area contributed by atoms with Crippen LogP contribution >= 0.6 is 0 Å². The van der Waals surface area contributed by atoms with Gasteiger partial charge in [0.1, 0.15) is 24.9 Å². The average molecular weight is 404 g/mol. The van der Waals surface area contributed by atoms with Crippen molar-refractivity contribution >= 4 is 0 Å². The van der Waals surface area contributed by atoms with Gasteiger partial charge in [0.05, 0.1) is 39.2 Å². The van der Waals surface area contributed by atoms with E-state index in [4.69, 9.17) is 14.2 Å². The molecule has 6 nitrogen and oxygen atoms in total. The highest BCUT2D eigenvalue weighted by Crippen LogP contribution is 2.14. The molecule has 1 heterocycles. The van der Waals surface area contributed by atoms with Crippen LogP contribution in [-0.4, -0.2) is 62.9 Å². The quantitative estimate of drug-likeness (QED) is 0.350. The van der Waals surface area contributed by atoms with E-state index in [1.54, 1.807) is 20.3 Å². The fourth-order valence-corrected chi connectivity index (χ4v) is 3.40. The first-order valence-electron chi connectivity index (χ1n) is 10.1. The number of aromatic nitrogens is 1. The van der Waals surface area contributed by atoms with Crippen molar-refractivity contribution in [2.24, 2.45) is 0 Å². The van der Waals surface area contributed by atoms with Crippen molar-refractivity contribution < 1.29 is 24.2 Å². The van der Waals surface area contributed by atoms with Crippen molar-refractivity contribution in [2.75, 3.05) is 47.1 Å². The maximum absolute atomic E-state index is 10.4. The second kappa shape index (κ2) is 13.2. The minimum atomic E-state index is -0.505. The molecule has 0 saturated carbocycles. The van der Waals surface area contributed by atoms with Crippen LogP contribution in [0.3, 0.4) is 0 Å². The van der Waals surface area contributed by atoms with Crippen LogP contribution in [0.25, 0.3) is 0 Å². The lowest BCUT2D eigenvalue weighted by molar-refractivity contribution is -0.917. The smallest absolute Gasteiger partial charge is 0.126 e. The molecule has 0 aliphatic rings. The van der Waals surface area contributed by atoms with Gasteiger partial charge in [-0.15, -0.1) is 6.58 Å². The van der Waals surface area contributed by atoms with Crippen LogP contribution in [0.5, 0.6) is 5.75 Å². The van der Waals surface area contributed by atoms with Gasteiger partial charge in [-0.05, 0) is 29.8 Å². The molecule has 1 unspecified atom stereocenters. The van der Waals surface area contributed by atoms with Gasteiger partial charge in [0.15, 0.2) is 0 Å². The van der Waals surface area contributed by atoms with Gasteiger partial charge in [0.25, 0.3) is 0 Å². The molecular weight excluding hydrogens is 368 g/mol. The summed E-state index contributed by atoms with van der Waals surface area (Å²) in [5, 5.41) is 10.4. The van der Waals surface area contributed by atoms with Crippen LogP contribution < -0.4 is 9.64 Å². The van der Waals surface area contributed by atoms with Crippen LogP contribution in [-0.2, 0) is 22.6 Å². The molecule has 0 spiro atoms. The van der Waals surface area contributed by atoms with E-state index in [0.29, 0.717) is 19.8 Å². The Kier molecular flexibility index (Phi) is 10.5. The van der Waals surface area contributed by atoms with Gasteiger partial charge in [-0.1, -0.05) is 18.2 Å². The van der Waals surface area contributed by atoms with Crippen LogP contribution in [0, 0.1) is 0 Å². The number of methoxy groups -OCH3 is 2. The van der Waals surface area contributed by atoms with E-state index < -0.39 is 6.10 Å². The lowest BCUT2D eigenvalue weighted by Gasteiger charge is -2.23. The van der Waals surface area contributed by atoms with E-state index in [1.807, 2.05) is 12.1 Å². The van der Waals surface area contributed by atoms with E-state index in [9.17, 15) is 5.11 Å². The summed E-state index contributed by atoms with van der Waals surface area (Å²) in [6.07, 6.45) is 4.24. The molecule has 2 N–H and O–H groups in total. The number of aliphatic hydroxyl groups excluding tert-OH is 1. The fraction of sp³-hybridized carbons (Fsp3) is 0.478. The molecule has 160 valence electrons. The first-order valence-corrected chi connectivity index (χ1v) is 10.1. The number of ether oxygens (including phenoxy) is 3. The molecule has 2 atom stereocenters. The topological polar surface area (TPSA) is 57.3 Å². The van der Waals surface area contributed by atoms with Gasteiger partial charge in [-0.2, -0.15) is 0 Å². The number of benzene rings is 1. The van der Waals surface area contributed by atoms with E-state index in [1.165, 1.54) is 16.2 Å². The Morgan fingerprint density at radius 2 is 2.10 bits per heavy atom. The van der Waals surface area contributed by atoms with Crippen molar-refractivity contribution in [1.82, 2.24) is 4.57 Å². The largest absolute Gasteiger partial charge is 0.497 e. The molecule has 0 aliphatic heterocycles. The molecule has 2 aromatic rings. The first-order chi connectivity index (χ1) is 14.2. The van der Waals surface area contributed by atoms with Gasteiger partial charge >= 0.3 is 0 Å². The summed E-state index contributed by atoms with van der Waals surface area (Å²) in [7, 11) is 3.41. The Labute approximate surface area is 174 Å². The Morgan fingerprint density at radius 3 is 2.86 bits per heavy atom. The standard InChI is InChI=1S/C23H34N2O4/c1-4-13-29-19-22(26)18-24(11-7-14-27-2)17-21-9-6-12-25(21)16-20-8-5-10-23(15-20)28-3/h4-6,8-10,12,15,22,26H,1,7,11,13-14,16-19H2,2-3H3/p+1/t22-/m1/s1. The molecule has 1 aromatic heterocycles. The van der Waals surface area contributed by atoms with Crippen LogP contribution in [0.4, 0.5) is 0 Å². The SMILES string of the molecule is C=CCOC[C@H](O)C[NH+](CCCOC)Cc1cccn1Cc1cccc(OC)c1. The Morgan fingerprint density at radius 1 is 1.24 bits per heavy atom. The Bertz CT molecular complexity index is 716. The number of hydrogen-bond donors (Lipinski definition) is 2. The van der Waals surface area contributed by atoms with Crippen molar-refractivity contribution in [3.05, 3.63) is 66.5 Å². The van der Waals surface area contributed by atoms with Crippen molar-refractivity contribution in [2.45, 2.75) is 25.6 Å². The minimum absolute atomic E-state index is 0.324. The van der Waals surface area contributed by atoms with Gasteiger partial charge in [-0.25, -0.2) is 0 Å². The first kappa shape index (κ1) is 23.2. The molecule has 0 radical (unpaired) electrons. The normalized spacial score (nSPS) is 13.2. The molecule has 0 aliphatic carbocycles. The maximum Gasteiger partial charge on any atom is 0.126 e. The summed E-state index contributed by atoms with van der Waals surface area (Å²) in [6.45, 7) is 8.32. The zero-order valence-electron chi connectivity index (χ0n) is 17.7. The van der Waals surface area contributed by atoms with Crippen LogP contribution in [0.15, 0.2) is 55.3 Å². The van der Waals surface area contributed by atoms with Gasteiger partial charge in [-0.3, -0.25) is 0 Å². The number of nitrogens with one attached hydrogen (secondary N) is 1. The predicted molar refractivity (Wildman–Crippen MR) is 114 cm³/mol. The van der Waals surface area contributed by atoms with Crippen LogP contribution in [0.2, 0.25) is 0 Å². The van der Waals surface area contributed by atoms with Gasteiger partial charge in [0, 0.05) is 26.3 Å². The van der Waals surface area contributed by atoms with Crippen molar-refractivity contribution in [3.8, 4) is 5.75 Å². The average Bonchev–Trinajstić information content (AvgIpc) is 3.15. The highest BCUT2D eigenvalue weighted by Gasteiger charge is 2.17. The van der Waals surface area contributed by atoms with E-state index in [-0.39, 0.29) is 0 Å². The third kappa shape index (κ3) is 8.41. The second-order valence-electron chi connectivity index (χ2n) is 7.19. The van der Waals surface area contributed by atoms with E-state index in [0.717, 1.165) is 38.4 Å². The molecule has 29 heavy (non-hydrogen) atoms. The number of aliphatic hydroxyl groups is 1. The van der Waals surface area contributed by atoms with E-state index in [2.05, 4.69) is 41.6 Å². The third-order valence-corrected chi connectivity index (χ3v) is 4.79. The molecule has 0 fully saturated rings. The summed E-state index contributed by atoms with van der Waals surface area (Å²) in [5.74, 6) is 0.866. The number of hydrogen-bond acceptors (Lipinski definition) is 4. The molecular formula is C23H35N2O4+. The summed E-state index contributed by atoms with van der Waals surface area (Å²) in [5.41, 5.74) is 2.43. The zero-order valence-corrected chi connectivity index (χ0v) is 17.7.